The summed E-state index contributed by atoms with van der Waals surface area (Å²) in [6.45, 7) is 1.98. The molecule has 3 heteroatoms. The van der Waals surface area contributed by atoms with Gasteiger partial charge >= 0.3 is 0 Å². The molecule has 50 valence electrons. The van der Waals surface area contributed by atoms with Gasteiger partial charge in [0, 0.05) is 5.69 Å². The minimum absolute atomic E-state index is 0.977. The smallest absolute Gasteiger partial charge is 0.150 e. The molecule has 1 aliphatic rings. The average Bonchev–Trinajstić information content (AvgIpc) is 2.33. The van der Waals surface area contributed by atoms with Gasteiger partial charge in [-0.25, -0.2) is 0 Å². The van der Waals surface area contributed by atoms with Crippen molar-refractivity contribution in [2.45, 2.75) is 6.92 Å². The van der Waals surface area contributed by atoms with Crippen molar-refractivity contribution in [1.29, 1.82) is 0 Å². The van der Waals surface area contributed by atoms with Gasteiger partial charge in [0.1, 0.15) is 11.6 Å². The molecular formula is C7H8N3+. The summed E-state index contributed by atoms with van der Waals surface area (Å²) in [5.74, 6) is 0. The van der Waals surface area contributed by atoms with Crippen LogP contribution in [0.2, 0.25) is 0 Å². The largest absolute Gasteiger partial charge is 0.259 e. The molecule has 2 N–H and O–H groups in total. The second-order valence-corrected chi connectivity index (χ2v) is 2.33. The average molecular weight is 134 g/mol. The standard InChI is InChI=1S/C7H7N3/c1-5-2-6-3-9-10-7(6)4-8-5/h2-4H,1H3,(H,9,10)/p+1. The fourth-order valence-electron chi connectivity index (χ4n) is 1.01. The molecule has 0 spiro atoms. The number of quaternary nitrogens is 1. The molecule has 0 saturated carbocycles. The van der Waals surface area contributed by atoms with E-state index in [2.05, 4.69) is 10.1 Å². The highest BCUT2D eigenvalue weighted by Gasteiger charge is 1.97. The molecule has 1 aromatic rings. The van der Waals surface area contributed by atoms with E-state index in [1.165, 1.54) is 5.22 Å². The van der Waals surface area contributed by atoms with Crippen molar-refractivity contribution in [3.63, 3.8) is 0 Å². The lowest BCUT2D eigenvalue weighted by Gasteiger charge is -1.83. The van der Waals surface area contributed by atoms with E-state index >= 15 is 0 Å². The number of pyridine rings is 1. The lowest BCUT2D eigenvalue weighted by atomic mass is 10.3. The summed E-state index contributed by atoms with van der Waals surface area (Å²) in [6, 6.07) is 2.03. The first-order valence-electron chi connectivity index (χ1n) is 3.20. The number of hydrogen-bond acceptors (Lipinski definition) is 2. The van der Waals surface area contributed by atoms with Crippen LogP contribution in [0.4, 0.5) is 0 Å². The minimum Gasteiger partial charge on any atom is -0.259 e. The van der Waals surface area contributed by atoms with E-state index in [0.717, 1.165) is 11.1 Å². The molecule has 0 bridgehead atoms. The topological polar surface area (TPSA) is 41.9 Å². The fraction of sp³-hybridized carbons (Fsp3) is 0.143. The van der Waals surface area contributed by atoms with E-state index in [1.54, 1.807) is 11.6 Å². The molecule has 0 fully saturated rings. The molecule has 3 nitrogen and oxygen atoms in total. The molecule has 0 aliphatic carbocycles. The van der Waals surface area contributed by atoms with E-state index in [9.17, 15) is 0 Å². The van der Waals surface area contributed by atoms with Crippen LogP contribution >= 0.6 is 0 Å². The molecular weight excluding hydrogens is 126 g/mol. The Morgan fingerprint density at radius 2 is 2.40 bits per heavy atom. The number of fused-ring (bicyclic) bond motifs is 1. The maximum absolute atomic E-state index is 4.12. The van der Waals surface area contributed by atoms with Crippen LogP contribution in [0.25, 0.3) is 6.20 Å². The van der Waals surface area contributed by atoms with Crippen molar-refractivity contribution in [1.82, 2.24) is 4.98 Å². The van der Waals surface area contributed by atoms with Gasteiger partial charge in [0.15, 0.2) is 0 Å². The Bertz CT molecular complexity index is 367. The van der Waals surface area contributed by atoms with Gasteiger partial charge in [-0.3, -0.25) is 4.98 Å². The van der Waals surface area contributed by atoms with E-state index < -0.39 is 0 Å². The van der Waals surface area contributed by atoms with Gasteiger partial charge in [0.2, 0.25) is 0 Å². The third-order valence-corrected chi connectivity index (χ3v) is 1.52. The number of aromatic nitrogens is 1. The predicted octanol–water partition coefficient (Wildman–Crippen LogP) is -1.76. The Morgan fingerprint density at radius 3 is 3.30 bits per heavy atom. The molecule has 10 heavy (non-hydrogen) atoms. The van der Waals surface area contributed by atoms with Crippen LogP contribution in [-0.2, 0) is 0 Å². The molecule has 0 atom stereocenters. The molecule has 0 amide bonds. The lowest BCUT2D eigenvalue weighted by Crippen LogP contribution is -2.69. The second-order valence-electron chi connectivity index (χ2n) is 2.33. The van der Waals surface area contributed by atoms with Crippen LogP contribution < -0.4 is 16.0 Å². The summed E-state index contributed by atoms with van der Waals surface area (Å²) in [4.78, 5) is 4.12. The third-order valence-electron chi connectivity index (χ3n) is 1.52. The zero-order chi connectivity index (χ0) is 6.97. The number of nitrogens with zero attached hydrogens (tertiary/aromatic N) is 2. The number of rotatable bonds is 0. The minimum atomic E-state index is 0.977. The van der Waals surface area contributed by atoms with E-state index in [4.69, 9.17) is 0 Å². The van der Waals surface area contributed by atoms with Crippen molar-refractivity contribution >= 4 is 6.20 Å². The van der Waals surface area contributed by atoms with Crippen LogP contribution in [0.1, 0.15) is 5.69 Å². The molecule has 2 heterocycles. The first-order valence-corrected chi connectivity index (χ1v) is 3.20. The van der Waals surface area contributed by atoms with Gasteiger partial charge in [-0.1, -0.05) is 5.10 Å². The number of hydrogen-bond donors (Lipinski definition) is 1. The Kier molecular flexibility index (Phi) is 1.05. The highest BCUT2D eigenvalue weighted by molar-refractivity contribution is 5.16. The van der Waals surface area contributed by atoms with Crippen LogP contribution in [0.3, 0.4) is 0 Å². The fourth-order valence-corrected chi connectivity index (χ4v) is 1.01. The highest BCUT2D eigenvalue weighted by atomic mass is 15.3. The molecule has 2 rings (SSSR count). The molecule has 0 aromatic carbocycles. The molecule has 0 radical (unpaired) electrons. The zero-order valence-electron chi connectivity index (χ0n) is 5.70. The van der Waals surface area contributed by atoms with Crippen molar-refractivity contribution in [2.24, 2.45) is 5.10 Å². The molecule has 1 aliphatic heterocycles. The monoisotopic (exact) mass is 134 g/mol. The van der Waals surface area contributed by atoms with Crippen LogP contribution in [0.5, 0.6) is 0 Å². The molecule has 0 unspecified atom stereocenters. The number of nitrogens with two attached hydrogens (primary N) is 1. The summed E-state index contributed by atoms with van der Waals surface area (Å²) >= 11 is 0. The second kappa shape index (κ2) is 1.88. The maximum Gasteiger partial charge on any atom is 0.150 e. The van der Waals surface area contributed by atoms with Gasteiger partial charge in [-0.2, -0.15) is 5.43 Å². The first kappa shape index (κ1) is 5.56. The highest BCUT2D eigenvalue weighted by Crippen LogP contribution is 1.78. The SMILES string of the molecule is Cc1cc2c(cn1)=N[NH2+]C=2. The van der Waals surface area contributed by atoms with Crippen molar-refractivity contribution in [2.75, 3.05) is 0 Å². The summed E-state index contributed by atoms with van der Waals surface area (Å²) in [5.41, 5.74) is 2.84. The van der Waals surface area contributed by atoms with Crippen molar-refractivity contribution in [3.8, 4) is 0 Å². The number of aryl methyl sites for hydroxylation is 1. The molecule has 1 aromatic heterocycles. The normalized spacial score (nSPS) is 13.7. The van der Waals surface area contributed by atoms with Gasteiger partial charge in [-0.15, -0.1) is 0 Å². The Labute approximate surface area is 58.1 Å². The van der Waals surface area contributed by atoms with Crippen molar-refractivity contribution in [3.05, 3.63) is 28.5 Å². The summed E-state index contributed by atoms with van der Waals surface area (Å²) in [6.07, 6.45) is 3.79. The van der Waals surface area contributed by atoms with Gasteiger partial charge in [0.25, 0.3) is 0 Å². The Hall–Kier alpha value is -1.22. The molecule has 0 saturated heterocycles. The van der Waals surface area contributed by atoms with Crippen molar-refractivity contribution < 1.29 is 5.43 Å². The van der Waals surface area contributed by atoms with E-state index in [1.807, 2.05) is 19.2 Å². The third kappa shape index (κ3) is 0.717. The van der Waals surface area contributed by atoms with Crippen LogP contribution in [0, 0.1) is 6.92 Å². The zero-order valence-corrected chi connectivity index (χ0v) is 5.70. The summed E-state index contributed by atoms with van der Waals surface area (Å²) in [7, 11) is 0. The summed E-state index contributed by atoms with van der Waals surface area (Å²) < 4.78 is 0. The van der Waals surface area contributed by atoms with Gasteiger partial charge < -0.3 is 0 Å². The van der Waals surface area contributed by atoms with Gasteiger partial charge in [-0.05, 0) is 13.0 Å². The maximum atomic E-state index is 4.12. The summed E-state index contributed by atoms with van der Waals surface area (Å²) in [5, 5.41) is 6.25. The predicted molar refractivity (Wildman–Crippen MR) is 36.1 cm³/mol. The quantitative estimate of drug-likeness (QED) is 0.420. The van der Waals surface area contributed by atoms with Crippen LogP contribution in [-0.4, -0.2) is 4.98 Å². The lowest BCUT2D eigenvalue weighted by molar-refractivity contribution is -0.559. The Balaban J connectivity index is 2.88. The van der Waals surface area contributed by atoms with E-state index in [0.29, 0.717) is 0 Å². The van der Waals surface area contributed by atoms with Crippen LogP contribution in [0.15, 0.2) is 17.4 Å². The first-order chi connectivity index (χ1) is 4.86. The van der Waals surface area contributed by atoms with E-state index in [-0.39, 0.29) is 0 Å². The van der Waals surface area contributed by atoms with Gasteiger partial charge in [0.05, 0.1) is 11.4 Å². The Morgan fingerprint density at radius 1 is 1.50 bits per heavy atom.